The van der Waals surface area contributed by atoms with Gasteiger partial charge in [0.15, 0.2) is 0 Å². The van der Waals surface area contributed by atoms with E-state index in [4.69, 9.17) is 9.84 Å². The van der Waals surface area contributed by atoms with E-state index in [0.717, 1.165) is 28.5 Å². The monoisotopic (exact) mass is 507 g/mol. The smallest absolute Gasteiger partial charge is 0.322 e. The standard InChI is InChI=1S/C30H26FN5O2/c1-20-26-19-35(30(37)32-23-11-7-14-25(18-23)38-2)28(21-9-6-10-22(31)17-21)27-15-8-16-34(27)29(26)36(33-20)24-12-4-3-5-13-24/h3-18,28H,19H2,1-2H3,(H,32,37)/t28-/m0/s1. The Labute approximate surface area is 219 Å². The molecule has 0 saturated heterocycles. The number of amides is 2. The minimum atomic E-state index is -0.553. The van der Waals surface area contributed by atoms with Crippen LogP contribution in [0.5, 0.6) is 5.75 Å². The van der Waals surface area contributed by atoms with Crippen molar-refractivity contribution >= 4 is 11.7 Å². The van der Waals surface area contributed by atoms with Gasteiger partial charge in [0.25, 0.3) is 0 Å². The number of carbonyl (C=O) groups is 1. The summed E-state index contributed by atoms with van der Waals surface area (Å²) in [5, 5.41) is 7.87. The molecule has 0 unspecified atom stereocenters. The maximum absolute atomic E-state index is 14.5. The van der Waals surface area contributed by atoms with E-state index >= 15 is 0 Å². The summed E-state index contributed by atoms with van der Waals surface area (Å²) in [6.45, 7) is 2.22. The van der Waals surface area contributed by atoms with E-state index < -0.39 is 6.04 Å². The number of hydrogen-bond donors (Lipinski definition) is 1. The van der Waals surface area contributed by atoms with Crippen LogP contribution in [0.1, 0.15) is 28.6 Å². The van der Waals surface area contributed by atoms with Crippen molar-refractivity contribution in [3.8, 4) is 17.3 Å². The van der Waals surface area contributed by atoms with Crippen molar-refractivity contribution in [1.29, 1.82) is 0 Å². The molecular formula is C30H26FN5O2. The molecule has 1 N–H and O–H groups in total. The molecule has 1 aliphatic rings. The number of aryl methyl sites for hydroxylation is 1. The lowest BCUT2D eigenvalue weighted by Gasteiger charge is -2.31. The van der Waals surface area contributed by atoms with Crippen molar-refractivity contribution in [1.82, 2.24) is 19.2 Å². The molecule has 7 nitrogen and oxygen atoms in total. The molecular weight excluding hydrogens is 481 g/mol. The average Bonchev–Trinajstić information content (AvgIpc) is 3.49. The van der Waals surface area contributed by atoms with Crippen molar-refractivity contribution in [2.75, 3.05) is 12.4 Å². The van der Waals surface area contributed by atoms with Crippen molar-refractivity contribution in [2.24, 2.45) is 0 Å². The molecule has 2 aromatic heterocycles. The van der Waals surface area contributed by atoms with Crippen LogP contribution in [0.25, 0.3) is 11.5 Å². The number of ether oxygens (including phenoxy) is 1. The highest BCUT2D eigenvalue weighted by Gasteiger charge is 2.36. The Balaban J connectivity index is 1.52. The first-order chi connectivity index (χ1) is 18.5. The largest absolute Gasteiger partial charge is 0.497 e. The first-order valence-corrected chi connectivity index (χ1v) is 12.3. The van der Waals surface area contributed by atoms with Gasteiger partial charge in [-0.3, -0.25) is 0 Å². The number of hydrogen-bond acceptors (Lipinski definition) is 3. The van der Waals surface area contributed by atoms with Gasteiger partial charge < -0.3 is 19.5 Å². The second kappa shape index (κ2) is 9.55. The number of halogens is 1. The van der Waals surface area contributed by atoms with E-state index in [1.54, 1.807) is 24.1 Å². The van der Waals surface area contributed by atoms with E-state index in [-0.39, 0.29) is 18.4 Å². The predicted molar refractivity (Wildman–Crippen MR) is 143 cm³/mol. The van der Waals surface area contributed by atoms with Gasteiger partial charge in [-0.25, -0.2) is 13.9 Å². The van der Waals surface area contributed by atoms with Crippen molar-refractivity contribution in [2.45, 2.75) is 19.5 Å². The third kappa shape index (κ3) is 4.10. The Hall–Kier alpha value is -4.85. The van der Waals surface area contributed by atoms with E-state index in [9.17, 15) is 9.18 Å². The van der Waals surface area contributed by atoms with Gasteiger partial charge in [-0.1, -0.05) is 36.4 Å². The second-order valence-electron chi connectivity index (χ2n) is 9.19. The van der Waals surface area contributed by atoms with Crippen molar-refractivity contribution in [3.05, 3.63) is 126 Å². The minimum Gasteiger partial charge on any atom is -0.497 e. The molecule has 0 bridgehead atoms. The number of fused-ring (bicyclic) bond motifs is 3. The van der Waals surface area contributed by atoms with Crippen LogP contribution in [-0.2, 0) is 6.54 Å². The zero-order chi connectivity index (χ0) is 26.2. The molecule has 0 spiro atoms. The fraction of sp³-hybridized carbons (Fsp3) is 0.133. The van der Waals surface area contributed by atoms with Gasteiger partial charge in [0.1, 0.15) is 17.4 Å². The van der Waals surface area contributed by atoms with Crippen molar-refractivity contribution in [3.63, 3.8) is 0 Å². The topological polar surface area (TPSA) is 64.3 Å². The molecule has 0 fully saturated rings. The highest BCUT2D eigenvalue weighted by atomic mass is 19.1. The van der Waals surface area contributed by atoms with Gasteiger partial charge in [0.05, 0.1) is 36.8 Å². The molecule has 1 aliphatic heterocycles. The van der Waals surface area contributed by atoms with Gasteiger partial charge in [-0.15, -0.1) is 0 Å². The Morgan fingerprint density at radius 1 is 1.00 bits per heavy atom. The number of benzene rings is 3. The number of methoxy groups -OCH3 is 1. The first kappa shape index (κ1) is 23.5. The molecule has 1 atom stereocenters. The van der Waals surface area contributed by atoms with Gasteiger partial charge in [-0.05, 0) is 61.0 Å². The Bertz CT molecular complexity index is 1620. The molecule has 3 heterocycles. The van der Waals surface area contributed by atoms with Gasteiger partial charge in [0, 0.05) is 23.5 Å². The predicted octanol–water partition coefficient (Wildman–Crippen LogP) is 6.26. The van der Waals surface area contributed by atoms with Gasteiger partial charge in [-0.2, -0.15) is 5.10 Å². The third-order valence-electron chi connectivity index (χ3n) is 6.83. The lowest BCUT2D eigenvalue weighted by atomic mass is 10.0. The number of aromatic nitrogens is 3. The molecule has 8 heteroatoms. The Kier molecular flexibility index (Phi) is 5.92. The van der Waals surface area contributed by atoms with Crippen LogP contribution in [-0.4, -0.2) is 32.4 Å². The summed E-state index contributed by atoms with van der Waals surface area (Å²) >= 11 is 0. The number of nitrogens with zero attached hydrogens (tertiary/aromatic N) is 4. The molecule has 5 aromatic rings. The number of para-hydroxylation sites is 1. The zero-order valence-corrected chi connectivity index (χ0v) is 21.0. The summed E-state index contributed by atoms with van der Waals surface area (Å²) in [6, 6.07) is 26.5. The van der Waals surface area contributed by atoms with E-state index in [1.165, 1.54) is 12.1 Å². The van der Waals surface area contributed by atoms with Crippen LogP contribution < -0.4 is 10.1 Å². The molecule has 0 radical (unpaired) electrons. The third-order valence-corrected chi connectivity index (χ3v) is 6.83. The number of rotatable bonds is 4. The Morgan fingerprint density at radius 2 is 1.82 bits per heavy atom. The summed E-state index contributed by atoms with van der Waals surface area (Å²) < 4.78 is 23.8. The van der Waals surface area contributed by atoms with Crippen LogP contribution in [0.3, 0.4) is 0 Å². The highest BCUT2D eigenvalue weighted by Crippen LogP contribution is 2.39. The van der Waals surface area contributed by atoms with Gasteiger partial charge >= 0.3 is 6.03 Å². The normalized spacial score (nSPS) is 14.4. The maximum atomic E-state index is 14.5. The quantitative estimate of drug-likeness (QED) is 0.312. The van der Waals surface area contributed by atoms with E-state index in [1.807, 2.05) is 84.5 Å². The minimum absolute atomic E-state index is 0.270. The van der Waals surface area contributed by atoms with E-state index in [0.29, 0.717) is 17.0 Å². The lowest BCUT2D eigenvalue weighted by molar-refractivity contribution is 0.194. The van der Waals surface area contributed by atoms with Crippen LogP contribution in [0, 0.1) is 12.7 Å². The summed E-state index contributed by atoms with van der Waals surface area (Å²) in [7, 11) is 1.58. The molecule has 190 valence electrons. The molecule has 0 aliphatic carbocycles. The highest BCUT2D eigenvalue weighted by molar-refractivity contribution is 5.90. The average molecular weight is 508 g/mol. The summed E-state index contributed by atoms with van der Waals surface area (Å²) in [5.74, 6) is 1.13. The van der Waals surface area contributed by atoms with Crippen LogP contribution in [0.2, 0.25) is 0 Å². The molecule has 6 rings (SSSR count). The fourth-order valence-corrected chi connectivity index (χ4v) is 5.07. The number of urea groups is 1. The van der Waals surface area contributed by atoms with Crippen molar-refractivity contribution < 1.29 is 13.9 Å². The fourth-order valence-electron chi connectivity index (χ4n) is 5.07. The second-order valence-corrected chi connectivity index (χ2v) is 9.19. The number of carbonyl (C=O) groups excluding carboxylic acids is 1. The lowest BCUT2D eigenvalue weighted by Crippen LogP contribution is -2.38. The van der Waals surface area contributed by atoms with E-state index in [2.05, 4.69) is 9.88 Å². The Morgan fingerprint density at radius 3 is 2.61 bits per heavy atom. The first-order valence-electron chi connectivity index (χ1n) is 12.3. The number of nitrogens with one attached hydrogen (secondary N) is 1. The van der Waals surface area contributed by atoms with Crippen LogP contribution in [0.4, 0.5) is 14.9 Å². The van der Waals surface area contributed by atoms with Crippen LogP contribution >= 0.6 is 0 Å². The van der Waals surface area contributed by atoms with Crippen LogP contribution in [0.15, 0.2) is 97.2 Å². The molecule has 38 heavy (non-hydrogen) atoms. The molecule has 3 aromatic carbocycles. The summed E-state index contributed by atoms with van der Waals surface area (Å²) in [6.07, 6.45) is 1.96. The molecule has 2 amide bonds. The maximum Gasteiger partial charge on any atom is 0.322 e. The van der Waals surface area contributed by atoms with Gasteiger partial charge in [0.2, 0.25) is 0 Å². The summed E-state index contributed by atoms with van der Waals surface area (Å²) in [5.41, 5.74) is 4.73. The molecule has 0 saturated carbocycles. The SMILES string of the molecule is COc1cccc(NC(=O)N2Cc3c(C)nn(-c4ccccc4)c3-n3cccc3[C@@H]2c2cccc(F)c2)c1. The zero-order valence-electron chi connectivity index (χ0n) is 21.0. The summed E-state index contributed by atoms with van der Waals surface area (Å²) in [4.78, 5) is 15.7. The number of anilines is 1.